The highest BCUT2D eigenvalue weighted by molar-refractivity contribution is 6.08. The topological polar surface area (TPSA) is 58.2 Å². The number of hydrogen-bond donors (Lipinski definition) is 2. The van der Waals surface area contributed by atoms with Crippen LogP contribution in [-0.2, 0) is 0 Å². The van der Waals surface area contributed by atoms with Crippen LogP contribution in [0.4, 0.5) is 24.5 Å². The Morgan fingerprint density at radius 2 is 1.30 bits per heavy atom. The second-order valence-corrected chi connectivity index (χ2v) is 5.58. The van der Waals surface area contributed by atoms with Gasteiger partial charge in [-0.15, -0.1) is 0 Å². The molecule has 3 aromatic carbocycles. The molecule has 136 valence electrons. The Hall–Kier alpha value is -3.61. The van der Waals surface area contributed by atoms with Crippen molar-refractivity contribution >= 4 is 23.2 Å². The van der Waals surface area contributed by atoms with Crippen molar-refractivity contribution in [1.29, 1.82) is 0 Å². The number of carbonyl (C=O) groups is 2. The first kappa shape index (κ1) is 18.2. The minimum absolute atomic E-state index is 0.0554. The Balaban J connectivity index is 1.78. The Morgan fingerprint density at radius 3 is 1.96 bits per heavy atom. The van der Waals surface area contributed by atoms with E-state index in [0.29, 0.717) is 11.8 Å². The SMILES string of the molecule is O=C(Nc1ccccc1)c1cccc(C(=O)Nc2ccc(F)c(F)c2F)c1. The Morgan fingerprint density at radius 1 is 0.667 bits per heavy atom. The third-order valence-corrected chi connectivity index (χ3v) is 3.70. The molecule has 0 bridgehead atoms. The highest BCUT2D eigenvalue weighted by Crippen LogP contribution is 2.20. The third kappa shape index (κ3) is 4.14. The lowest BCUT2D eigenvalue weighted by atomic mass is 10.1. The molecule has 0 aromatic heterocycles. The molecule has 0 unspecified atom stereocenters. The second kappa shape index (κ2) is 7.74. The van der Waals surface area contributed by atoms with Crippen molar-refractivity contribution in [2.24, 2.45) is 0 Å². The van der Waals surface area contributed by atoms with E-state index in [0.717, 1.165) is 6.07 Å². The number of para-hydroxylation sites is 1. The van der Waals surface area contributed by atoms with Gasteiger partial charge < -0.3 is 10.6 Å². The largest absolute Gasteiger partial charge is 0.322 e. The maximum atomic E-state index is 13.7. The smallest absolute Gasteiger partial charge is 0.255 e. The van der Waals surface area contributed by atoms with Gasteiger partial charge in [-0.25, -0.2) is 13.2 Å². The first-order valence-electron chi connectivity index (χ1n) is 7.87. The van der Waals surface area contributed by atoms with Crippen LogP contribution in [0.1, 0.15) is 20.7 Å². The summed E-state index contributed by atoms with van der Waals surface area (Å²) < 4.78 is 39.9. The zero-order chi connectivity index (χ0) is 19.4. The summed E-state index contributed by atoms with van der Waals surface area (Å²) in [5.41, 5.74) is 0.344. The molecular formula is C20H13F3N2O2. The molecule has 4 nitrogen and oxygen atoms in total. The number of nitrogens with one attached hydrogen (secondary N) is 2. The van der Waals surface area contributed by atoms with Crippen LogP contribution in [0.2, 0.25) is 0 Å². The summed E-state index contributed by atoms with van der Waals surface area (Å²) in [7, 11) is 0. The molecule has 0 heterocycles. The van der Waals surface area contributed by atoms with E-state index in [9.17, 15) is 22.8 Å². The van der Waals surface area contributed by atoms with Gasteiger partial charge in [0.25, 0.3) is 11.8 Å². The molecular weight excluding hydrogens is 357 g/mol. The second-order valence-electron chi connectivity index (χ2n) is 5.58. The van der Waals surface area contributed by atoms with Crippen LogP contribution in [0.3, 0.4) is 0 Å². The summed E-state index contributed by atoms with van der Waals surface area (Å²) in [6.07, 6.45) is 0. The van der Waals surface area contributed by atoms with Crippen LogP contribution >= 0.6 is 0 Å². The molecule has 7 heteroatoms. The predicted octanol–water partition coefficient (Wildman–Crippen LogP) is 4.61. The Bertz CT molecular complexity index is 1010. The Kier molecular flexibility index (Phi) is 5.21. The summed E-state index contributed by atoms with van der Waals surface area (Å²) in [4.78, 5) is 24.6. The lowest BCUT2D eigenvalue weighted by Gasteiger charge is -2.09. The van der Waals surface area contributed by atoms with Crippen molar-refractivity contribution in [2.75, 3.05) is 10.6 Å². The fourth-order valence-electron chi connectivity index (χ4n) is 2.34. The molecule has 0 saturated carbocycles. The maximum Gasteiger partial charge on any atom is 0.255 e. The molecule has 0 aliphatic carbocycles. The van der Waals surface area contributed by atoms with E-state index in [1.165, 1.54) is 24.3 Å². The standard InChI is InChI=1S/C20H13F3N2O2/c21-15-9-10-16(18(23)17(15)22)25-20(27)13-6-4-5-12(11-13)19(26)24-14-7-2-1-3-8-14/h1-11H,(H,24,26)(H,25,27). The van der Waals surface area contributed by atoms with Gasteiger partial charge in [0.15, 0.2) is 17.5 Å². The Labute approximate surface area is 152 Å². The number of carbonyl (C=O) groups excluding carboxylic acids is 2. The summed E-state index contributed by atoms with van der Waals surface area (Å²) in [6.45, 7) is 0. The lowest BCUT2D eigenvalue weighted by molar-refractivity contribution is 0.102. The van der Waals surface area contributed by atoms with Crippen molar-refractivity contribution in [3.8, 4) is 0 Å². The van der Waals surface area contributed by atoms with Crippen molar-refractivity contribution in [3.05, 3.63) is 95.3 Å². The molecule has 2 amide bonds. The van der Waals surface area contributed by atoms with Crippen LogP contribution in [0.25, 0.3) is 0 Å². The number of rotatable bonds is 4. The molecule has 0 fully saturated rings. The quantitative estimate of drug-likeness (QED) is 0.659. The number of amides is 2. The summed E-state index contributed by atoms with van der Waals surface area (Å²) in [6, 6.07) is 16.1. The molecule has 3 rings (SSSR count). The first-order chi connectivity index (χ1) is 13.0. The number of hydrogen-bond acceptors (Lipinski definition) is 2. The van der Waals surface area contributed by atoms with Crippen molar-refractivity contribution in [2.45, 2.75) is 0 Å². The molecule has 0 saturated heterocycles. The monoisotopic (exact) mass is 370 g/mol. The molecule has 2 N–H and O–H groups in total. The highest BCUT2D eigenvalue weighted by Gasteiger charge is 2.17. The summed E-state index contributed by atoms with van der Waals surface area (Å²) >= 11 is 0. The van der Waals surface area contributed by atoms with Gasteiger partial charge in [0.05, 0.1) is 5.69 Å². The normalized spacial score (nSPS) is 10.3. The van der Waals surface area contributed by atoms with E-state index in [1.54, 1.807) is 30.3 Å². The van der Waals surface area contributed by atoms with Crippen LogP contribution in [0.15, 0.2) is 66.7 Å². The van der Waals surface area contributed by atoms with Crippen LogP contribution < -0.4 is 10.6 Å². The van der Waals surface area contributed by atoms with Gasteiger partial charge in [0, 0.05) is 16.8 Å². The number of halogens is 3. The van der Waals surface area contributed by atoms with Gasteiger partial charge in [-0.2, -0.15) is 0 Å². The predicted molar refractivity (Wildman–Crippen MR) is 95.1 cm³/mol. The minimum Gasteiger partial charge on any atom is -0.322 e. The highest BCUT2D eigenvalue weighted by atomic mass is 19.2. The average Bonchev–Trinajstić information content (AvgIpc) is 2.69. The van der Waals surface area contributed by atoms with Crippen molar-refractivity contribution in [1.82, 2.24) is 0 Å². The van der Waals surface area contributed by atoms with E-state index >= 15 is 0 Å². The molecule has 3 aromatic rings. The molecule has 0 aliphatic rings. The van der Waals surface area contributed by atoms with Gasteiger partial charge in [-0.1, -0.05) is 24.3 Å². The average molecular weight is 370 g/mol. The van der Waals surface area contributed by atoms with E-state index in [2.05, 4.69) is 10.6 Å². The van der Waals surface area contributed by atoms with E-state index in [1.807, 2.05) is 0 Å². The van der Waals surface area contributed by atoms with Gasteiger partial charge in [-0.3, -0.25) is 9.59 Å². The van der Waals surface area contributed by atoms with Crippen LogP contribution in [0.5, 0.6) is 0 Å². The fraction of sp³-hybridized carbons (Fsp3) is 0. The summed E-state index contributed by atoms with van der Waals surface area (Å²) in [5, 5.41) is 4.83. The van der Waals surface area contributed by atoms with Gasteiger partial charge in [0.2, 0.25) is 0 Å². The zero-order valence-electron chi connectivity index (χ0n) is 13.8. The summed E-state index contributed by atoms with van der Waals surface area (Å²) in [5.74, 6) is -5.74. The molecule has 0 aliphatic heterocycles. The number of anilines is 2. The van der Waals surface area contributed by atoms with Gasteiger partial charge in [0.1, 0.15) is 0 Å². The van der Waals surface area contributed by atoms with Gasteiger partial charge >= 0.3 is 0 Å². The first-order valence-corrected chi connectivity index (χ1v) is 7.87. The van der Waals surface area contributed by atoms with E-state index in [4.69, 9.17) is 0 Å². The third-order valence-electron chi connectivity index (χ3n) is 3.70. The van der Waals surface area contributed by atoms with Crippen LogP contribution in [0, 0.1) is 17.5 Å². The molecule has 0 spiro atoms. The van der Waals surface area contributed by atoms with Crippen molar-refractivity contribution in [3.63, 3.8) is 0 Å². The molecule has 0 radical (unpaired) electrons. The fourth-order valence-corrected chi connectivity index (χ4v) is 2.34. The van der Waals surface area contributed by atoms with E-state index < -0.39 is 35.0 Å². The maximum absolute atomic E-state index is 13.7. The van der Waals surface area contributed by atoms with Crippen LogP contribution in [-0.4, -0.2) is 11.8 Å². The van der Waals surface area contributed by atoms with Gasteiger partial charge in [-0.05, 0) is 42.5 Å². The molecule has 27 heavy (non-hydrogen) atoms. The minimum atomic E-state index is -1.68. The van der Waals surface area contributed by atoms with E-state index in [-0.39, 0.29) is 11.1 Å². The number of benzene rings is 3. The van der Waals surface area contributed by atoms with Crippen molar-refractivity contribution < 1.29 is 22.8 Å². The lowest BCUT2D eigenvalue weighted by Crippen LogP contribution is -2.16. The molecule has 0 atom stereocenters. The zero-order valence-corrected chi connectivity index (χ0v) is 13.8.